The number of aryl methyl sites for hydroxylation is 1. The topological polar surface area (TPSA) is 79.9 Å². The first kappa shape index (κ1) is 21.2. The average molecular weight is 474 g/mol. The van der Waals surface area contributed by atoms with Crippen LogP contribution in [0, 0.1) is 17.8 Å². The van der Waals surface area contributed by atoms with Crippen molar-refractivity contribution >= 4 is 23.2 Å². The Hall–Kier alpha value is -3.06. The van der Waals surface area contributed by atoms with Crippen LogP contribution in [0.1, 0.15) is 36.0 Å². The van der Waals surface area contributed by atoms with Crippen LogP contribution in [0.15, 0.2) is 30.3 Å². The SMILES string of the molecule is O=C1CCc2ccc(CC3C4CCC3CN(CC3COc5c(ccc6c5CC(=O)N6)O3)C4)cc2N1. The van der Waals surface area contributed by atoms with E-state index in [9.17, 15) is 9.59 Å². The van der Waals surface area contributed by atoms with Crippen LogP contribution >= 0.6 is 0 Å². The van der Waals surface area contributed by atoms with E-state index in [0.29, 0.717) is 37.2 Å². The molecule has 4 heterocycles. The molecule has 1 aliphatic carbocycles. The fourth-order valence-electron chi connectivity index (χ4n) is 7.01. The number of anilines is 2. The van der Waals surface area contributed by atoms with Gasteiger partial charge >= 0.3 is 0 Å². The van der Waals surface area contributed by atoms with E-state index < -0.39 is 0 Å². The molecule has 0 radical (unpaired) electrons. The number of likely N-dealkylation sites (tertiary alicyclic amines) is 1. The Morgan fingerprint density at radius 2 is 1.77 bits per heavy atom. The van der Waals surface area contributed by atoms with Crippen molar-refractivity contribution in [3.05, 3.63) is 47.0 Å². The molecule has 1 saturated carbocycles. The van der Waals surface area contributed by atoms with Crippen molar-refractivity contribution in [2.75, 3.05) is 36.9 Å². The van der Waals surface area contributed by atoms with Gasteiger partial charge in [-0.25, -0.2) is 0 Å². The van der Waals surface area contributed by atoms with Gasteiger partial charge in [0.2, 0.25) is 11.8 Å². The van der Waals surface area contributed by atoms with Gasteiger partial charge in [0.05, 0.1) is 6.42 Å². The van der Waals surface area contributed by atoms with Crippen LogP contribution in [-0.2, 0) is 28.9 Å². The smallest absolute Gasteiger partial charge is 0.229 e. The summed E-state index contributed by atoms with van der Waals surface area (Å²) in [6, 6.07) is 10.5. The molecule has 0 aromatic heterocycles. The first-order valence-electron chi connectivity index (χ1n) is 13.0. The first-order valence-corrected chi connectivity index (χ1v) is 13.0. The van der Waals surface area contributed by atoms with Gasteiger partial charge in [-0.05, 0) is 72.8 Å². The summed E-state index contributed by atoms with van der Waals surface area (Å²) in [4.78, 5) is 26.2. The molecule has 1 saturated heterocycles. The number of nitrogens with one attached hydrogen (secondary N) is 2. The third-order valence-electron chi connectivity index (χ3n) is 8.65. The summed E-state index contributed by atoms with van der Waals surface area (Å²) >= 11 is 0. The second kappa shape index (κ2) is 8.26. The number of amides is 2. The monoisotopic (exact) mass is 473 g/mol. The van der Waals surface area contributed by atoms with Crippen molar-refractivity contribution in [1.82, 2.24) is 4.90 Å². The van der Waals surface area contributed by atoms with Gasteiger partial charge in [0.25, 0.3) is 0 Å². The molecule has 182 valence electrons. The van der Waals surface area contributed by atoms with Gasteiger partial charge in [0.15, 0.2) is 11.5 Å². The number of carbonyl (C=O) groups excluding carboxylic acids is 2. The number of rotatable bonds is 4. The number of carbonyl (C=O) groups is 2. The maximum absolute atomic E-state index is 11.8. The molecule has 7 heteroatoms. The number of piperidine rings is 1. The van der Waals surface area contributed by atoms with Crippen molar-refractivity contribution < 1.29 is 19.1 Å². The van der Waals surface area contributed by atoms with Crippen LogP contribution in [0.2, 0.25) is 0 Å². The lowest BCUT2D eigenvalue weighted by Gasteiger charge is -2.40. The molecule has 2 amide bonds. The van der Waals surface area contributed by atoms with Gasteiger partial charge in [0, 0.05) is 43.0 Å². The van der Waals surface area contributed by atoms with Gasteiger partial charge in [-0.2, -0.15) is 0 Å². The quantitative estimate of drug-likeness (QED) is 0.712. The molecular weight excluding hydrogens is 442 g/mol. The molecule has 5 aliphatic rings. The highest BCUT2D eigenvalue weighted by molar-refractivity contribution is 6.00. The van der Waals surface area contributed by atoms with Crippen molar-refractivity contribution in [3.63, 3.8) is 0 Å². The van der Waals surface area contributed by atoms with Crippen molar-refractivity contribution in [1.29, 1.82) is 0 Å². The third kappa shape index (κ3) is 3.86. The Bertz CT molecular complexity index is 1200. The van der Waals surface area contributed by atoms with E-state index in [4.69, 9.17) is 9.47 Å². The average Bonchev–Trinajstić information content (AvgIpc) is 3.33. The van der Waals surface area contributed by atoms with E-state index in [1.54, 1.807) is 0 Å². The van der Waals surface area contributed by atoms with Crippen LogP contribution in [0.5, 0.6) is 11.5 Å². The van der Waals surface area contributed by atoms with Gasteiger partial charge in [-0.15, -0.1) is 0 Å². The van der Waals surface area contributed by atoms with Crippen LogP contribution in [0.4, 0.5) is 11.4 Å². The Morgan fingerprint density at radius 3 is 2.63 bits per heavy atom. The maximum Gasteiger partial charge on any atom is 0.229 e. The zero-order valence-corrected chi connectivity index (χ0v) is 19.8. The molecule has 4 aliphatic heterocycles. The summed E-state index contributed by atoms with van der Waals surface area (Å²) < 4.78 is 12.4. The lowest BCUT2D eigenvalue weighted by Crippen LogP contribution is -2.48. The molecule has 0 spiro atoms. The van der Waals surface area contributed by atoms with Gasteiger partial charge in [0.1, 0.15) is 12.7 Å². The van der Waals surface area contributed by atoms with E-state index in [-0.39, 0.29) is 17.9 Å². The molecule has 2 N–H and O–H groups in total. The van der Waals surface area contributed by atoms with E-state index in [1.807, 2.05) is 12.1 Å². The molecule has 3 atom stereocenters. The van der Waals surface area contributed by atoms with Crippen molar-refractivity contribution in [2.24, 2.45) is 17.8 Å². The summed E-state index contributed by atoms with van der Waals surface area (Å²) in [5.74, 6) is 3.76. The minimum Gasteiger partial charge on any atom is -0.485 e. The van der Waals surface area contributed by atoms with E-state index >= 15 is 0 Å². The van der Waals surface area contributed by atoms with Crippen LogP contribution in [0.3, 0.4) is 0 Å². The zero-order valence-electron chi connectivity index (χ0n) is 19.8. The molecule has 2 bridgehead atoms. The zero-order chi connectivity index (χ0) is 23.5. The number of ether oxygens (including phenoxy) is 2. The van der Waals surface area contributed by atoms with Gasteiger partial charge in [-0.1, -0.05) is 12.1 Å². The Labute approximate surface area is 205 Å². The molecule has 35 heavy (non-hydrogen) atoms. The van der Waals surface area contributed by atoms with E-state index in [2.05, 4.69) is 33.7 Å². The molecule has 2 aromatic carbocycles. The minimum absolute atomic E-state index is 0.00539. The number of fused-ring (bicyclic) bond motifs is 6. The Kier molecular flexibility index (Phi) is 5.01. The van der Waals surface area contributed by atoms with Gasteiger partial charge < -0.3 is 20.1 Å². The second-order valence-electron chi connectivity index (χ2n) is 10.9. The van der Waals surface area contributed by atoms with Crippen molar-refractivity contribution in [2.45, 2.75) is 44.6 Å². The molecule has 3 unspecified atom stereocenters. The van der Waals surface area contributed by atoms with E-state index in [1.165, 1.54) is 24.0 Å². The Balaban J connectivity index is 0.991. The number of hydrogen-bond donors (Lipinski definition) is 2. The predicted molar refractivity (Wildman–Crippen MR) is 132 cm³/mol. The first-order chi connectivity index (χ1) is 17.1. The second-order valence-corrected chi connectivity index (χ2v) is 10.9. The highest BCUT2D eigenvalue weighted by atomic mass is 16.6. The summed E-state index contributed by atoms with van der Waals surface area (Å²) in [7, 11) is 0. The minimum atomic E-state index is 0.00539. The normalized spacial score (nSPS) is 28.8. The highest BCUT2D eigenvalue weighted by Crippen LogP contribution is 2.45. The number of nitrogens with zero attached hydrogens (tertiary/aromatic N) is 1. The molecule has 7 nitrogen and oxygen atoms in total. The maximum atomic E-state index is 11.8. The number of benzene rings is 2. The molecule has 7 rings (SSSR count). The lowest BCUT2D eigenvalue weighted by molar-refractivity contribution is -0.116. The fourth-order valence-corrected chi connectivity index (χ4v) is 7.01. The standard InChI is InChI=1S/C28H31N3O4/c32-26-8-5-17-2-1-16(10-24(17)30-26)9-21-18-3-4-19(21)13-31(12-18)14-20-15-34-28-22-11-27(33)29-23(22)6-7-25(28)35-20/h1-2,6-7,10,18-21H,3-5,8-9,11-15H2,(H,29,33)(H,30,32). The molecular formula is C28H31N3O4. The molecule has 2 fully saturated rings. The van der Waals surface area contributed by atoms with Gasteiger partial charge in [-0.3, -0.25) is 14.5 Å². The largest absolute Gasteiger partial charge is 0.485 e. The van der Waals surface area contributed by atoms with Crippen LogP contribution in [0.25, 0.3) is 0 Å². The van der Waals surface area contributed by atoms with Crippen LogP contribution < -0.4 is 20.1 Å². The fraction of sp³-hybridized carbons (Fsp3) is 0.500. The van der Waals surface area contributed by atoms with Crippen LogP contribution in [-0.4, -0.2) is 49.1 Å². The van der Waals surface area contributed by atoms with Crippen molar-refractivity contribution in [3.8, 4) is 11.5 Å². The predicted octanol–water partition coefficient (Wildman–Crippen LogP) is 3.41. The number of hydrogen-bond acceptors (Lipinski definition) is 5. The third-order valence-corrected chi connectivity index (χ3v) is 8.65. The summed E-state index contributed by atoms with van der Waals surface area (Å²) in [5, 5.41) is 5.94. The summed E-state index contributed by atoms with van der Waals surface area (Å²) in [5.41, 5.74) is 5.39. The lowest BCUT2D eigenvalue weighted by atomic mass is 9.80. The summed E-state index contributed by atoms with van der Waals surface area (Å²) in [6.07, 6.45) is 5.50. The molecule has 2 aromatic rings. The van der Waals surface area contributed by atoms with E-state index in [0.717, 1.165) is 60.9 Å². The Morgan fingerprint density at radius 1 is 0.943 bits per heavy atom. The summed E-state index contributed by atoms with van der Waals surface area (Å²) in [6.45, 7) is 3.61. The highest BCUT2D eigenvalue weighted by Gasteiger charge is 2.42.